The van der Waals surface area contributed by atoms with Gasteiger partial charge in [0, 0.05) is 31.7 Å². The molecule has 2 fully saturated rings. The summed E-state index contributed by atoms with van der Waals surface area (Å²) in [7, 11) is 2.17. The van der Waals surface area contributed by atoms with Gasteiger partial charge in [0.15, 0.2) is 0 Å². The Morgan fingerprint density at radius 2 is 2.06 bits per heavy atom. The molecule has 18 heavy (non-hydrogen) atoms. The molecular formula is C14H28N2O2. The van der Waals surface area contributed by atoms with Crippen molar-refractivity contribution in [1.82, 2.24) is 9.80 Å². The van der Waals surface area contributed by atoms with E-state index in [0.29, 0.717) is 0 Å². The maximum atomic E-state index is 9.65. The summed E-state index contributed by atoms with van der Waals surface area (Å²) in [6.07, 6.45) is 4.90. The SMILES string of the molecule is CN(CCN1CCCC1)CC1(CO)CCCOC1. The molecule has 4 nitrogen and oxygen atoms in total. The first kappa shape index (κ1) is 14.3. The molecule has 0 saturated carbocycles. The Kier molecular flexibility index (Phi) is 5.42. The van der Waals surface area contributed by atoms with Crippen LogP contribution in [0.3, 0.4) is 0 Å². The lowest BCUT2D eigenvalue weighted by atomic mass is 9.83. The van der Waals surface area contributed by atoms with Crippen molar-refractivity contribution in [1.29, 1.82) is 0 Å². The van der Waals surface area contributed by atoms with Gasteiger partial charge >= 0.3 is 0 Å². The number of aliphatic hydroxyl groups is 1. The highest BCUT2D eigenvalue weighted by molar-refractivity contribution is 4.84. The molecule has 2 aliphatic rings. The highest BCUT2D eigenvalue weighted by Crippen LogP contribution is 2.28. The van der Waals surface area contributed by atoms with Crippen LogP contribution in [0.1, 0.15) is 25.7 Å². The fourth-order valence-electron chi connectivity index (χ4n) is 3.18. The second-order valence-electron chi connectivity index (χ2n) is 6.10. The van der Waals surface area contributed by atoms with Gasteiger partial charge < -0.3 is 19.6 Å². The molecule has 1 N–H and O–H groups in total. The van der Waals surface area contributed by atoms with Gasteiger partial charge in [-0.3, -0.25) is 0 Å². The third-order valence-electron chi connectivity index (χ3n) is 4.34. The lowest BCUT2D eigenvalue weighted by Gasteiger charge is -2.38. The zero-order valence-corrected chi connectivity index (χ0v) is 11.7. The van der Waals surface area contributed by atoms with Crippen molar-refractivity contribution in [3.63, 3.8) is 0 Å². The second kappa shape index (κ2) is 6.85. The fraction of sp³-hybridized carbons (Fsp3) is 1.00. The Morgan fingerprint density at radius 3 is 2.67 bits per heavy atom. The van der Waals surface area contributed by atoms with Crippen molar-refractivity contribution in [2.24, 2.45) is 5.41 Å². The van der Waals surface area contributed by atoms with Crippen LogP contribution in [-0.4, -0.2) is 74.5 Å². The predicted molar refractivity (Wildman–Crippen MR) is 72.7 cm³/mol. The van der Waals surface area contributed by atoms with E-state index in [9.17, 15) is 5.11 Å². The van der Waals surface area contributed by atoms with Crippen molar-refractivity contribution < 1.29 is 9.84 Å². The molecule has 1 unspecified atom stereocenters. The van der Waals surface area contributed by atoms with Crippen LogP contribution in [0, 0.1) is 5.41 Å². The quantitative estimate of drug-likeness (QED) is 0.763. The molecule has 2 saturated heterocycles. The number of aliphatic hydroxyl groups excluding tert-OH is 1. The summed E-state index contributed by atoms with van der Waals surface area (Å²) in [5.41, 5.74) is -0.0159. The fourth-order valence-corrected chi connectivity index (χ4v) is 3.18. The molecule has 0 spiro atoms. The average Bonchev–Trinajstić information content (AvgIpc) is 2.91. The second-order valence-corrected chi connectivity index (χ2v) is 6.10. The summed E-state index contributed by atoms with van der Waals surface area (Å²) in [6, 6.07) is 0. The van der Waals surface area contributed by atoms with Crippen LogP contribution < -0.4 is 0 Å². The summed E-state index contributed by atoms with van der Waals surface area (Å²) in [5, 5.41) is 9.65. The molecular weight excluding hydrogens is 228 g/mol. The molecule has 2 aliphatic heterocycles. The Hall–Kier alpha value is -0.160. The van der Waals surface area contributed by atoms with Gasteiger partial charge in [-0.05, 0) is 45.8 Å². The van der Waals surface area contributed by atoms with E-state index in [1.807, 2.05) is 0 Å². The maximum absolute atomic E-state index is 9.65. The summed E-state index contributed by atoms with van der Waals surface area (Å²) >= 11 is 0. The first-order chi connectivity index (χ1) is 8.74. The van der Waals surface area contributed by atoms with Gasteiger partial charge in [-0.15, -0.1) is 0 Å². The average molecular weight is 256 g/mol. The largest absolute Gasteiger partial charge is 0.396 e. The van der Waals surface area contributed by atoms with E-state index in [1.165, 1.54) is 32.5 Å². The minimum absolute atomic E-state index is 0.0159. The van der Waals surface area contributed by atoms with E-state index in [0.717, 1.165) is 39.1 Å². The number of rotatable bonds is 6. The van der Waals surface area contributed by atoms with Crippen LogP contribution in [-0.2, 0) is 4.74 Å². The van der Waals surface area contributed by atoms with E-state index < -0.39 is 0 Å². The van der Waals surface area contributed by atoms with Gasteiger partial charge in [0.2, 0.25) is 0 Å². The molecule has 2 rings (SSSR count). The van der Waals surface area contributed by atoms with Crippen LogP contribution >= 0.6 is 0 Å². The van der Waals surface area contributed by atoms with Crippen LogP contribution in [0.2, 0.25) is 0 Å². The monoisotopic (exact) mass is 256 g/mol. The highest BCUT2D eigenvalue weighted by Gasteiger charge is 2.33. The smallest absolute Gasteiger partial charge is 0.0556 e. The Bertz CT molecular complexity index is 236. The first-order valence-electron chi connectivity index (χ1n) is 7.34. The van der Waals surface area contributed by atoms with Crippen molar-refractivity contribution >= 4 is 0 Å². The van der Waals surface area contributed by atoms with E-state index in [2.05, 4.69) is 16.8 Å². The molecule has 0 amide bonds. The van der Waals surface area contributed by atoms with Crippen LogP contribution in [0.25, 0.3) is 0 Å². The molecule has 1 atom stereocenters. The summed E-state index contributed by atoms with van der Waals surface area (Å²) in [5.74, 6) is 0. The van der Waals surface area contributed by atoms with Crippen molar-refractivity contribution in [2.45, 2.75) is 25.7 Å². The molecule has 4 heteroatoms. The number of nitrogens with zero attached hydrogens (tertiary/aromatic N) is 2. The third kappa shape index (κ3) is 3.92. The highest BCUT2D eigenvalue weighted by atomic mass is 16.5. The predicted octanol–water partition coefficient (Wildman–Crippen LogP) is 0.803. The molecule has 0 aromatic rings. The molecule has 0 radical (unpaired) electrons. The maximum Gasteiger partial charge on any atom is 0.0556 e. The normalized spacial score (nSPS) is 30.2. The van der Waals surface area contributed by atoms with Gasteiger partial charge in [0.25, 0.3) is 0 Å². The summed E-state index contributed by atoms with van der Waals surface area (Å²) in [6.45, 7) is 7.58. The van der Waals surface area contributed by atoms with E-state index in [4.69, 9.17) is 4.74 Å². The molecule has 0 bridgehead atoms. The summed E-state index contributed by atoms with van der Waals surface area (Å²) in [4.78, 5) is 4.91. The van der Waals surface area contributed by atoms with Crippen molar-refractivity contribution in [3.05, 3.63) is 0 Å². The van der Waals surface area contributed by atoms with E-state index in [1.54, 1.807) is 0 Å². The van der Waals surface area contributed by atoms with Crippen molar-refractivity contribution in [2.75, 3.05) is 59.6 Å². The zero-order chi connectivity index (χ0) is 12.8. The standard InChI is InChI=1S/C14H28N2O2/c1-15(8-9-16-6-2-3-7-16)11-14(12-17)5-4-10-18-13-14/h17H,2-13H2,1H3. The number of hydrogen-bond acceptors (Lipinski definition) is 4. The zero-order valence-electron chi connectivity index (χ0n) is 11.7. The summed E-state index contributed by atoms with van der Waals surface area (Å²) < 4.78 is 5.56. The van der Waals surface area contributed by atoms with Gasteiger partial charge in [-0.1, -0.05) is 0 Å². The van der Waals surface area contributed by atoms with E-state index in [-0.39, 0.29) is 12.0 Å². The number of likely N-dealkylation sites (N-methyl/N-ethyl adjacent to an activating group) is 1. The van der Waals surface area contributed by atoms with Crippen LogP contribution in [0.5, 0.6) is 0 Å². The third-order valence-corrected chi connectivity index (χ3v) is 4.34. The first-order valence-corrected chi connectivity index (χ1v) is 7.34. The van der Waals surface area contributed by atoms with E-state index >= 15 is 0 Å². The van der Waals surface area contributed by atoms with Gasteiger partial charge in [-0.25, -0.2) is 0 Å². The Labute approximate surface area is 111 Å². The van der Waals surface area contributed by atoms with Gasteiger partial charge in [0.1, 0.15) is 0 Å². The van der Waals surface area contributed by atoms with Gasteiger partial charge in [-0.2, -0.15) is 0 Å². The molecule has 0 aliphatic carbocycles. The topological polar surface area (TPSA) is 35.9 Å². The Morgan fingerprint density at radius 1 is 1.28 bits per heavy atom. The molecule has 106 valence electrons. The number of hydrogen-bond donors (Lipinski definition) is 1. The molecule has 0 aromatic heterocycles. The van der Waals surface area contributed by atoms with Crippen molar-refractivity contribution in [3.8, 4) is 0 Å². The molecule has 0 aromatic carbocycles. The van der Waals surface area contributed by atoms with Crippen LogP contribution in [0.4, 0.5) is 0 Å². The molecule has 2 heterocycles. The number of likely N-dealkylation sites (tertiary alicyclic amines) is 1. The van der Waals surface area contributed by atoms with Crippen LogP contribution in [0.15, 0.2) is 0 Å². The lowest BCUT2D eigenvalue weighted by Crippen LogP contribution is -2.46. The minimum atomic E-state index is -0.0159. The lowest BCUT2D eigenvalue weighted by molar-refractivity contribution is -0.0526. The minimum Gasteiger partial charge on any atom is -0.396 e. The number of ether oxygens (including phenoxy) is 1. The Balaban J connectivity index is 1.72. The van der Waals surface area contributed by atoms with Gasteiger partial charge in [0.05, 0.1) is 13.2 Å².